The molecule has 0 atom stereocenters. The van der Waals surface area contributed by atoms with Crippen molar-refractivity contribution in [3.8, 4) is 22.5 Å². The lowest BCUT2D eigenvalue weighted by atomic mass is 10.1. The number of thioether (sulfide) groups is 1. The highest BCUT2D eigenvalue weighted by molar-refractivity contribution is 7.99. The van der Waals surface area contributed by atoms with E-state index in [2.05, 4.69) is 22.4 Å². The molecule has 0 aliphatic heterocycles. The Hall–Kier alpha value is -3.02. The molecular weight excluding hydrogens is 414 g/mol. The average Bonchev–Trinajstić information content (AvgIpc) is 3.22. The quantitative estimate of drug-likeness (QED) is 0.281. The summed E-state index contributed by atoms with van der Waals surface area (Å²) in [5.74, 6) is 0.642. The molecule has 0 bridgehead atoms. The third-order valence-corrected chi connectivity index (χ3v) is 5.65. The fourth-order valence-electron chi connectivity index (χ4n) is 3.05. The van der Waals surface area contributed by atoms with Gasteiger partial charge in [0, 0.05) is 34.0 Å². The van der Waals surface area contributed by atoms with Crippen molar-refractivity contribution >= 4 is 29.3 Å². The molecule has 4 aromatic rings. The van der Waals surface area contributed by atoms with E-state index in [0.29, 0.717) is 22.9 Å². The van der Waals surface area contributed by atoms with Gasteiger partial charge in [-0.25, -0.2) is 4.98 Å². The van der Waals surface area contributed by atoms with Crippen LogP contribution in [0.3, 0.4) is 0 Å². The van der Waals surface area contributed by atoms with Crippen LogP contribution >= 0.6 is 23.4 Å². The standard InChI is InChI=1S/C24H20ClN3OS/c25-20-13-11-18(12-14-20)22-21(17-7-3-1-4-8-17)27-24(28-22)30-16-15-26-23(29)19-9-5-2-6-10-19/h1-14H,15-16H2,(H,26,29)(H,27,28). The summed E-state index contributed by atoms with van der Waals surface area (Å²) < 4.78 is 0. The van der Waals surface area contributed by atoms with Gasteiger partial charge in [0.15, 0.2) is 5.16 Å². The first-order valence-corrected chi connectivity index (χ1v) is 10.9. The molecular formula is C24H20ClN3OS. The van der Waals surface area contributed by atoms with Gasteiger partial charge in [0.25, 0.3) is 5.91 Å². The summed E-state index contributed by atoms with van der Waals surface area (Å²) in [4.78, 5) is 20.4. The van der Waals surface area contributed by atoms with Gasteiger partial charge in [-0.1, -0.05) is 84.0 Å². The Balaban J connectivity index is 1.47. The van der Waals surface area contributed by atoms with Gasteiger partial charge >= 0.3 is 0 Å². The number of rotatable bonds is 7. The van der Waals surface area contributed by atoms with Crippen molar-refractivity contribution in [1.29, 1.82) is 0 Å². The van der Waals surface area contributed by atoms with E-state index in [1.165, 1.54) is 0 Å². The number of hydrogen-bond acceptors (Lipinski definition) is 3. The van der Waals surface area contributed by atoms with E-state index in [-0.39, 0.29) is 5.91 Å². The number of nitrogens with zero attached hydrogens (tertiary/aromatic N) is 1. The number of amides is 1. The lowest BCUT2D eigenvalue weighted by Crippen LogP contribution is -2.25. The Morgan fingerprint density at radius 1 is 0.900 bits per heavy atom. The van der Waals surface area contributed by atoms with Crippen molar-refractivity contribution < 1.29 is 4.79 Å². The molecule has 1 amide bonds. The van der Waals surface area contributed by atoms with Crippen LogP contribution < -0.4 is 5.32 Å². The number of halogens is 1. The lowest BCUT2D eigenvalue weighted by molar-refractivity contribution is 0.0956. The first-order valence-electron chi connectivity index (χ1n) is 9.58. The summed E-state index contributed by atoms with van der Waals surface area (Å²) in [6.45, 7) is 0.552. The SMILES string of the molecule is O=C(NCCSc1nc(-c2ccc(Cl)cc2)c(-c2ccccc2)[nH]1)c1ccccc1. The summed E-state index contributed by atoms with van der Waals surface area (Å²) in [5.41, 5.74) is 4.58. The fraction of sp³-hybridized carbons (Fsp3) is 0.0833. The van der Waals surface area contributed by atoms with Crippen molar-refractivity contribution in [2.45, 2.75) is 5.16 Å². The molecule has 6 heteroatoms. The molecule has 30 heavy (non-hydrogen) atoms. The van der Waals surface area contributed by atoms with E-state index < -0.39 is 0 Å². The van der Waals surface area contributed by atoms with Crippen LogP contribution in [0.5, 0.6) is 0 Å². The Morgan fingerprint density at radius 3 is 2.27 bits per heavy atom. The minimum atomic E-state index is -0.0672. The molecule has 4 nitrogen and oxygen atoms in total. The van der Waals surface area contributed by atoms with E-state index in [1.807, 2.05) is 60.7 Å². The van der Waals surface area contributed by atoms with E-state index in [4.69, 9.17) is 16.6 Å². The average molecular weight is 434 g/mol. The van der Waals surface area contributed by atoms with Crippen LogP contribution in [-0.2, 0) is 0 Å². The lowest BCUT2D eigenvalue weighted by Gasteiger charge is -2.04. The van der Waals surface area contributed by atoms with E-state index in [1.54, 1.807) is 23.9 Å². The third kappa shape index (κ3) is 4.93. The molecule has 0 aliphatic rings. The van der Waals surface area contributed by atoms with E-state index in [9.17, 15) is 4.79 Å². The molecule has 0 spiro atoms. The molecule has 0 aliphatic carbocycles. The summed E-state index contributed by atoms with van der Waals surface area (Å²) in [6, 6.07) is 27.0. The zero-order valence-electron chi connectivity index (χ0n) is 16.1. The van der Waals surface area contributed by atoms with Gasteiger partial charge in [-0.2, -0.15) is 0 Å². The van der Waals surface area contributed by atoms with Crippen molar-refractivity contribution in [3.05, 3.63) is 95.5 Å². The van der Waals surface area contributed by atoms with Crippen molar-refractivity contribution in [2.75, 3.05) is 12.3 Å². The molecule has 1 aromatic heterocycles. The second-order valence-corrected chi connectivity index (χ2v) is 8.13. The van der Waals surface area contributed by atoms with Gasteiger partial charge in [0.1, 0.15) is 0 Å². The molecule has 150 valence electrons. The summed E-state index contributed by atoms with van der Waals surface area (Å²) in [5, 5.41) is 4.45. The van der Waals surface area contributed by atoms with Crippen LogP contribution in [0.4, 0.5) is 0 Å². The Morgan fingerprint density at radius 2 is 1.57 bits per heavy atom. The largest absolute Gasteiger partial charge is 0.351 e. The number of nitrogens with one attached hydrogen (secondary N) is 2. The number of hydrogen-bond donors (Lipinski definition) is 2. The predicted octanol–water partition coefficient (Wildman–Crippen LogP) is 5.92. The number of benzene rings is 3. The maximum atomic E-state index is 12.2. The zero-order chi connectivity index (χ0) is 20.8. The molecule has 2 N–H and O–H groups in total. The first kappa shape index (κ1) is 20.3. The molecule has 3 aromatic carbocycles. The molecule has 0 radical (unpaired) electrons. The Kier molecular flexibility index (Phi) is 6.52. The highest BCUT2D eigenvalue weighted by Gasteiger charge is 2.14. The number of aromatic nitrogens is 2. The molecule has 0 fully saturated rings. The molecule has 1 heterocycles. The van der Waals surface area contributed by atoms with Crippen LogP contribution in [0, 0.1) is 0 Å². The molecule has 0 saturated heterocycles. The Bertz CT molecular complexity index is 1110. The van der Waals surface area contributed by atoms with Gasteiger partial charge < -0.3 is 10.3 Å². The van der Waals surface area contributed by atoms with Crippen LogP contribution in [0.25, 0.3) is 22.5 Å². The molecule has 0 unspecified atom stereocenters. The van der Waals surface area contributed by atoms with Gasteiger partial charge in [-0.05, 0) is 24.3 Å². The predicted molar refractivity (Wildman–Crippen MR) is 124 cm³/mol. The number of aromatic amines is 1. The maximum Gasteiger partial charge on any atom is 0.251 e. The normalized spacial score (nSPS) is 10.7. The monoisotopic (exact) mass is 433 g/mol. The minimum Gasteiger partial charge on any atom is -0.351 e. The van der Waals surface area contributed by atoms with Crippen molar-refractivity contribution in [1.82, 2.24) is 15.3 Å². The van der Waals surface area contributed by atoms with Crippen LogP contribution in [0.15, 0.2) is 90.1 Å². The highest BCUT2D eigenvalue weighted by atomic mass is 35.5. The first-order chi connectivity index (χ1) is 14.7. The van der Waals surface area contributed by atoms with E-state index in [0.717, 1.165) is 27.7 Å². The van der Waals surface area contributed by atoms with Crippen LogP contribution in [0.1, 0.15) is 10.4 Å². The molecule has 4 rings (SSSR count). The van der Waals surface area contributed by atoms with Gasteiger partial charge in [-0.3, -0.25) is 4.79 Å². The summed E-state index contributed by atoms with van der Waals surface area (Å²) in [6.07, 6.45) is 0. The number of imidazole rings is 1. The second-order valence-electron chi connectivity index (χ2n) is 6.61. The highest BCUT2D eigenvalue weighted by Crippen LogP contribution is 2.33. The summed E-state index contributed by atoms with van der Waals surface area (Å²) >= 11 is 7.63. The van der Waals surface area contributed by atoms with Gasteiger partial charge in [-0.15, -0.1) is 0 Å². The van der Waals surface area contributed by atoms with Crippen LogP contribution in [-0.4, -0.2) is 28.2 Å². The smallest absolute Gasteiger partial charge is 0.251 e. The fourth-order valence-corrected chi connectivity index (χ4v) is 3.91. The van der Waals surface area contributed by atoms with Crippen molar-refractivity contribution in [3.63, 3.8) is 0 Å². The zero-order valence-corrected chi connectivity index (χ0v) is 17.7. The number of H-pyrrole nitrogens is 1. The topological polar surface area (TPSA) is 57.8 Å². The van der Waals surface area contributed by atoms with Crippen molar-refractivity contribution in [2.24, 2.45) is 0 Å². The minimum absolute atomic E-state index is 0.0672. The molecule has 0 saturated carbocycles. The van der Waals surface area contributed by atoms with E-state index >= 15 is 0 Å². The second kappa shape index (κ2) is 9.65. The summed E-state index contributed by atoms with van der Waals surface area (Å²) in [7, 11) is 0. The number of carbonyl (C=O) groups excluding carboxylic acids is 1. The maximum absolute atomic E-state index is 12.2. The van der Waals surface area contributed by atoms with Crippen LogP contribution in [0.2, 0.25) is 5.02 Å². The van der Waals surface area contributed by atoms with Gasteiger partial charge in [0.2, 0.25) is 0 Å². The Labute approximate surface area is 184 Å². The number of carbonyl (C=O) groups is 1. The third-order valence-electron chi connectivity index (χ3n) is 4.52. The van der Waals surface area contributed by atoms with Gasteiger partial charge in [0.05, 0.1) is 11.4 Å².